The first-order chi connectivity index (χ1) is 9.63. The highest BCUT2D eigenvalue weighted by molar-refractivity contribution is 7.87. The van der Waals surface area contributed by atoms with Crippen LogP contribution in [-0.4, -0.2) is 52.7 Å². The number of nitrogens with zero attached hydrogens (tertiary/aromatic N) is 1. The molecule has 1 saturated heterocycles. The van der Waals surface area contributed by atoms with E-state index in [1.807, 2.05) is 30.3 Å². The highest BCUT2D eigenvalue weighted by atomic mass is 32.2. The quantitative estimate of drug-likeness (QED) is 0.832. The molecule has 1 aromatic rings. The number of morpholine rings is 1. The van der Waals surface area contributed by atoms with E-state index in [2.05, 4.69) is 4.72 Å². The van der Waals surface area contributed by atoms with Crippen LogP contribution in [0.2, 0.25) is 0 Å². The molecule has 0 saturated carbocycles. The van der Waals surface area contributed by atoms with Gasteiger partial charge in [0.2, 0.25) is 0 Å². The van der Waals surface area contributed by atoms with Crippen molar-refractivity contribution < 1.29 is 17.9 Å². The summed E-state index contributed by atoms with van der Waals surface area (Å²) in [5, 5.41) is 0. The molecule has 1 heterocycles. The first kappa shape index (κ1) is 15.4. The van der Waals surface area contributed by atoms with Crippen molar-refractivity contribution in [2.75, 3.05) is 40.0 Å². The van der Waals surface area contributed by atoms with E-state index in [-0.39, 0.29) is 12.6 Å². The molecule has 1 fully saturated rings. The van der Waals surface area contributed by atoms with Crippen LogP contribution in [0.15, 0.2) is 30.3 Å². The zero-order chi connectivity index (χ0) is 14.4. The maximum atomic E-state index is 12.1. The first-order valence-electron chi connectivity index (χ1n) is 6.53. The number of methoxy groups -OCH3 is 1. The summed E-state index contributed by atoms with van der Waals surface area (Å²) in [5.74, 6) is 0. The second kappa shape index (κ2) is 7.14. The third kappa shape index (κ3) is 4.00. The summed E-state index contributed by atoms with van der Waals surface area (Å²) < 4.78 is 38.8. The van der Waals surface area contributed by atoms with Crippen molar-refractivity contribution in [2.45, 2.75) is 6.10 Å². The van der Waals surface area contributed by atoms with E-state index in [0.29, 0.717) is 26.3 Å². The number of benzene rings is 1. The molecule has 1 N–H and O–H groups in total. The van der Waals surface area contributed by atoms with Crippen molar-refractivity contribution >= 4 is 10.2 Å². The Hall–Kier alpha value is -0.990. The van der Waals surface area contributed by atoms with Gasteiger partial charge in [0.25, 0.3) is 10.2 Å². The lowest BCUT2D eigenvalue weighted by Gasteiger charge is -2.27. The molecule has 1 aliphatic heterocycles. The smallest absolute Gasteiger partial charge is 0.279 e. The summed E-state index contributed by atoms with van der Waals surface area (Å²) in [5.41, 5.74) is 0.944. The fourth-order valence-electron chi connectivity index (χ4n) is 2.06. The van der Waals surface area contributed by atoms with Crippen LogP contribution in [-0.2, 0) is 19.7 Å². The van der Waals surface area contributed by atoms with Crippen molar-refractivity contribution in [3.63, 3.8) is 0 Å². The third-order valence-electron chi connectivity index (χ3n) is 3.22. The average molecular weight is 300 g/mol. The Labute approximate surface area is 119 Å². The van der Waals surface area contributed by atoms with Crippen LogP contribution in [0.4, 0.5) is 0 Å². The number of ether oxygens (including phenoxy) is 2. The SMILES string of the molecule is CO[C@@H](CNS(=O)(=O)N1CCOCC1)c1ccccc1. The Morgan fingerprint density at radius 2 is 1.95 bits per heavy atom. The fraction of sp³-hybridized carbons (Fsp3) is 0.538. The summed E-state index contributed by atoms with van der Waals surface area (Å²) >= 11 is 0. The molecule has 6 nitrogen and oxygen atoms in total. The minimum Gasteiger partial charge on any atom is -0.379 e. The molecular weight excluding hydrogens is 280 g/mol. The van der Waals surface area contributed by atoms with E-state index in [1.54, 1.807) is 7.11 Å². The molecule has 1 atom stereocenters. The number of hydrogen-bond donors (Lipinski definition) is 1. The Bertz CT molecular complexity index is 500. The van der Waals surface area contributed by atoms with E-state index in [0.717, 1.165) is 5.56 Å². The Morgan fingerprint density at radius 3 is 2.55 bits per heavy atom. The van der Waals surface area contributed by atoms with Gasteiger partial charge in [0, 0.05) is 26.7 Å². The van der Waals surface area contributed by atoms with E-state index in [1.165, 1.54) is 4.31 Å². The molecule has 1 aliphatic rings. The predicted octanol–water partition coefficient (Wildman–Crippen LogP) is 0.541. The van der Waals surface area contributed by atoms with Gasteiger partial charge in [0.15, 0.2) is 0 Å². The predicted molar refractivity (Wildman–Crippen MR) is 75.5 cm³/mol. The number of rotatable bonds is 6. The van der Waals surface area contributed by atoms with Crippen molar-refractivity contribution in [3.8, 4) is 0 Å². The van der Waals surface area contributed by atoms with Crippen LogP contribution in [0.5, 0.6) is 0 Å². The Kier molecular flexibility index (Phi) is 5.50. The van der Waals surface area contributed by atoms with Gasteiger partial charge < -0.3 is 9.47 Å². The monoisotopic (exact) mass is 300 g/mol. The highest BCUT2D eigenvalue weighted by Gasteiger charge is 2.25. The maximum absolute atomic E-state index is 12.1. The van der Waals surface area contributed by atoms with Gasteiger partial charge in [0.05, 0.1) is 19.3 Å². The Morgan fingerprint density at radius 1 is 1.30 bits per heavy atom. The van der Waals surface area contributed by atoms with Gasteiger partial charge in [0.1, 0.15) is 0 Å². The second-order valence-corrected chi connectivity index (χ2v) is 6.26. The topological polar surface area (TPSA) is 67.9 Å². The van der Waals surface area contributed by atoms with Gasteiger partial charge in [-0.15, -0.1) is 0 Å². The van der Waals surface area contributed by atoms with Crippen LogP contribution in [0.1, 0.15) is 11.7 Å². The fourth-order valence-corrected chi connectivity index (χ4v) is 3.24. The summed E-state index contributed by atoms with van der Waals surface area (Å²) in [7, 11) is -1.90. The Balaban J connectivity index is 1.95. The zero-order valence-corrected chi connectivity index (χ0v) is 12.3. The molecule has 0 radical (unpaired) electrons. The van der Waals surface area contributed by atoms with Gasteiger partial charge in [-0.05, 0) is 5.56 Å². The standard InChI is InChI=1S/C13H20N2O4S/c1-18-13(12-5-3-2-4-6-12)11-14-20(16,17)15-7-9-19-10-8-15/h2-6,13-14H,7-11H2,1H3/t13-/m0/s1. The zero-order valence-electron chi connectivity index (χ0n) is 11.5. The van der Waals surface area contributed by atoms with E-state index in [4.69, 9.17) is 9.47 Å². The van der Waals surface area contributed by atoms with Gasteiger partial charge in [-0.2, -0.15) is 17.4 Å². The van der Waals surface area contributed by atoms with Gasteiger partial charge >= 0.3 is 0 Å². The third-order valence-corrected chi connectivity index (χ3v) is 4.79. The molecule has 112 valence electrons. The molecule has 0 amide bonds. The summed E-state index contributed by atoms with van der Waals surface area (Å²) in [6.07, 6.45) is -0.299. The van der Waals surface area contributed by atoms with Crippen molar-refractivity contribution in [1.29, 1.82) is 0 Å². The van der Waals surface area contributed by atoms with Crippen molar-refractivity contribution in [3.05, 3.63) is 35.9 Å². The van der Waals surface area contributed by atoms with Crippen LogP contribution in [0, 0.1) is 0 Å². The molecule has 0 unspecified atom stereocenters. The normalized spacial score (nSPS) is 18.9. The van der Waals surface area contributed by atoms with E-state index < -0.39 is 10.2 Å². The van der Waals surface area contributed by atoms with Gasteiger partial charge in [-0.3, -0.25) is 0 Å². The van der Waals surface area contributed by atoms with E-state index >= 15 is 0 Å². The molecule has 7 heteroatoms. The summed E-state index contributed by atoms with van der Waals surface area (Å²) in [6, 6.07) is 9.54. The molecule has 2 rings (SSSR count). The average Bonchev–Trinajstić information content (AvgIpc) is 2.50. The maximum Gasteiger partial charge on any atom is 0.279 e. The largest absolute Gasteiger partial charge is 0.379 e. The van der Waals surface area contributed by atoms with E-state index in [9.17, 15) is 8.42 Å². The number of hydrogen-bond acceptors (Lipinski definition) is 4. The van der Waals surface area contributed by atoms with Crippen LogP contribution >= 0.6 is 0 Å². The molecule has 1 aromatic carbocycles. The molecule has 0 aromatic heterocycles. The minimum atomic E-state index is -3.47. The van der Waals surface area contributed by atoms with Gasteiger partial charge in [-0.1, -0.05) is 30.3 Å². The summed E-state index contributed by atoms with van der Waals surface area (Å²) in [4.78, 5) is 0. The lowest BCUT2D eigenvalue weighted by Crippen LogP contribution is -2.47. The summed E-state index contributed by atoms with van der Waals surface area (Å²) in [6.45, 7) is 1.86. The lowest BCUT2D eigenvalue weighted by molar-refractivity contribution is 0.0715. The van der Waals surface area contributed by atoms with Crippen molar-refractivity contribution in [2.24, 2.45) is 0 Å². The highest BCUT2D eigenvalue weighted by Crippen LogP contribution is 2.15. The first-order valence-corrected chi connectivity index (χ1v) is 7.98. The lowest BCUT2D eigenvalue weighted by atomic mass is 10.1. The van der Waals surface area contributed by atoms with Crippen LogP contribution in [0.25, 0.3) is 0 Å². The van der Waals surface area contributed by atoms with Gasteiger partial charge in [-0.25, -0.2) is 0 Å². The molecular formula is C13H20N2O4S. The number of nitrogens with one attached hydrogen (secondary N) is 1. The second-order valence-electron chi connectivity index (χ2n) is 4.50. The molecule has 20 heavy (non-hydrogen) atoms. The molecule has 0 spiro atoms. The van der Waals surface area contributed by atoms with Crippen molar-refractivity contribution in [1.82, 2.24) is 9.03 Å². The molecule has 0 bridgehead atoms. The van der Waals surface area contributed by atoms with Crippen LogP contribution in [0.3, 0.4) is 0 Å². The van der Waals surface area contributed by atoms with Crippen LogP contribution < -0.4 is 4.72 Å². The molecule has 0 aliphatic carbocycles. The minimum absolute atomic E-state index is 0.209.